The van der Waals surface area contributed by atoms with Gasteiger partial charge in [0.15, 0.2) is 5.76 Å². The number of amides is 2. The summed E-state index contributed by atoms with van der Waals surface area (Å²) < 4.78 is 5.18. The van der Waals surface area contributed by atoms with Crippen molar-refractivity contribution in [3.05, 3.63) is 54.5 Å². The van der Waals surface area contributed by atoms with Gasteiger partial charge in [-0.2, -0.15) is 0 Å². The Hall–Kier alpha value is -2.60. The summed E-state index contributed by atoms with van der Waals surface area (Å²) in [5.41, 5.74) is 0.916. The summed E-state index contributed by atoms with van der Waals surface area (Å²) in [5.74, 6) is 0.357. The molecule has 2 heterocycles. The normalized spacial score (nSPS) is 15.3. The molecule has 1 saturated heterocycles. The van der Waals surface area contributed by atoms with Crippen LogP contribution in [0.3, 0.4) is 0 Å². The van der Waals surface area contributed by atoms with Crippen LogP contribution in [0.15, 0.2) is 53.1 Å². The van der Waals surface area contributed by atoms with E-state index in [4.69, 9.17) is 4.42 Å². The second-order valence-corrected chi connectivity index (χ2v) is 6.74. The molecule has 1 aliphatic rings. The van der Waals surface area contributed by atoms with Crippen molar-refractivity contribution in [2.45, 2.75) is 19.9 Å². The van der Waals surface area contributed by atoms with Gasteiger partial charge in [-0.15, -0.1) is 0 Å². The van der Waals surface area contributed by atoms with E-state index < -0.39 is 0 Å². The maximum absolute atomic E-state index is 12.8. The Balaban J connectivity index is 1.56. The highest BCUT2D eigenvalue weighted by Crippen LogP contribution is 2.17. The van der Waals surface area contributed by atoms with Gasteiger partial charge in [0.1, 0.15) is 0 Å². The van der Waals surface area contributed by atoms with Crippen molar-refractivity contribution in [2.75, 3.05) is 37.6 Å². The highest BCUT2D eigenvalue weighted by Gasteiger charge is 2.27. The van der Waals surface area contributed by atoms with Crippen molar-refractivity contribution in [2.24, 2.45) is 0 Å². The van der Waals surface area contributed by atoms with Gasteiger partial charge >= 0.3 is 0 Å². The van der Waals surface area contributed by atoms with Crippen LogP contribution in [0, 0.1) is 0 Å². The molecule has 6 heteroatoms. The van der Waals surface area contributed by atoms with Gasteiger partial charge in [0, 0.05) is 37.9 Å². The summed E-state index contributed by atoms with van der Waals surface area (Å²) in [6, 6.07) is 13.2. The second-order valence-electron chi connectivity index (χ2n) is 6.74. The zero-order valence-electron chi connectivity index (χ0n) is 15.3. The van der Waals surface area contributed by atoms with Crippen molar-refractivity contribution in [3.8, 4) is 0 Å². The van der Waals surface area contributed by atoms with E-state index in [2.05, 4.69) is 4.90 Å². The molecule has 26 heavy (non-hydrogen) atoms. The summed E-state index contributed by atoms with van der Waals surface area (Å²) in [5, 5.41) is 0. The van der Waals surface area contributed by atoms with Gasteiger partial charge in [0.05, 0.1) is 12.8 Å². The molecule has 0 spiro atoms. The lowest BCUT2D eigenvalue weighted by Crippen LogP contribution is -2.52. The van der Waals surface area contributed by atoms with Crippen LogP contribution in [0.4, 0.5) is 5.69 Å². The van der Waals surface area contributed by atoms with E-state index >= 15 is 0 Å². The molecule has 138 valence electrons. The molecule has 1 fully saturated rings. The van der Waals surface area contributed by atoms with Crippen molar-refractivity contribution >= 4 is 17.5 Å². The third-order valence-electron chi connectivity index (χ3n) is 4.57. The quantitative estimate of drug-likeness (QED) is 0.827. The van der Waals surface area contributed by atoms with Crippen molar-refractivity contribution < 1.29 is 14.0 Å². The average Bonchev–Trinajstić information content (AvgIpc) is 3.17. The Kier molecular flexibility index (Phi) is 5.73. The fourth-order valence-corrected chi connectivity index (χ4v) is 3.25. The lowest BCUT2D eigenvalue weighted by atomic mass is 10.2. The van der Waals surface area contributed by atoms with Crippen LogP contribution in [0.2, 0.25) is 0 Å². The van der Waals surface area contributed by atoms with E-state index in [1.807, 2.05) is 49.1 Å². The first kappa shape index (κ1) is 18.2. The molecule has 1 aliphatic heterocycles. The highest BCUT2D eigenvalue weighted by atomic mass is 16.3. The Morgan fingerprint density at radius 2 is 1.73 bits per heavy atom. The molecule has 0 atom stereocenters. The van der Waals surface area contributed by atoms with Crippen LogP contribution in [0.5, 0.6) is 0 Å². The summed E-state index contributed by atoms with van der Waals surface area (Å²) in [6.07, 6.45) is 1.51. The Labute approximate surface area is 154 Å². The predicted octanol–water partition coefficient (Wildman–Crippen LogP) is 2.48. The molecule has 1 aromatic carbocycles. The highest BCUT2D eigenvalue weighted by molar-refractivity contribution is 5.95. The molecule has 0 aliphatic carbocycles. The fourth-order valence-electron chi connectivity index (χ4n) is 3.25. The minimum atomic E-state index is -0.0888. The number of hydrogen-bond donors (Lipinski definition) is 0. The summed E-state index contributed by atoms with van der Waals surface area (Å²) in [4.78, 5) is 30.9. The third kappa shape index (κ3) is 4.14. The van der Waals surface area contributed by atoms with Crippen LogP contribution < -0.4 is 4.90 Å². The monoisotopic (exact) mass is 355 g/mol. The second kappa shape index (κ2) is 8.19. The molecule has 0 N–H and O–H groups in total. The number of nitrogens with zero attached hydrogens (tertiary/aromatic N) is 3. The number of furan rings is 1. The molecular weight excluding hydrogens is 330 g/mol. The largest absolute Gasteiger partial charge is 0.459 e. The number of carbonyl (C=O) groups excluding carboxylic acids is 2. The first-order valence-electron chi connectivity index (χ1n) is 8.98. The molecule has 1 aromatic heterocycles. The van der Waals surface area contributed by atoms with Gasteiger partial charge in [-0.1, -0.05) is 18.2 Å². The van der Waals surface area contributed by atoms with Gasteiger partial charge in [-0.3, -0.25) is 14.5 Å². The number of anilines is 1. The average molecular weight is 355 g/mol. The van der Waals surface area contributed by atoms with Gasteiger partial charge in [-0.25, -0.2) is 0 Å². The summed E-state index contributed by atoms with van der Waals surface area (Å²) >= 11 is 0. The van der Waals surface area contributed by atoms with Crippen LogP contribution in [0.1, 0.15) is 24.4 Å². The molecule has 3 rings (SSSR count). The number of piperazine rings is 1. The van der Waals surface area contributed by atoms with E-state index in [-0.39, 0.29) is 17.9 Å². The van der Waals surface area contributed by atoms with E-state index in [1.165, 1.54) is 6.26 Å². The predicted molar refractivity (Wildman–Crippen MR) is 100 cm³/mol. The summed E-state index contributed by atoms with van der Waals surface area (Å²) in [6.45, 7) is 6.95. The maximum atomic E-state index is 12.8. The smallest absolute Gasteiger partial charge is 0.289 e. The van der Waals surface area contributed by atoms with Gasteiger partial charge in [0.2, 0.25) is 5.91 Å². The molecule has 0 radical (unpaired) electrons. The fraction of sp³-hybridized carbons (Fsp3) is 0.400. The van der Waals surface area contributed by atoms with Crippen molar-refractivity contribution in [1.29, 1.82) is 0 Å². The Bertz CT molecular complexity index is 720. The van der Waals surface area contributed by atoms with Crippen LogP contribution in [0.25, 0.3) is 0 Å². The molecule has 2 aromatic rings. The molecule has 6 nitrogen and oxygen atoms in total. The first-order valence-corrected chi connectivity index (χ1v) is 8.98. The number of hydrogen-bond acceptors (Lipinski definition) is 4. The summed E-state index contributed by atoms with van der Waals surface area (Å²) in [7, 11) is 0. The standard InChI is InChI=1S/C20H25N3O3/c1-16(2)23(17-7-4-3-5-8-17)19(24)15-21-10-12-22(13-11-21)20(25)18-9-6-14-26-18/h3-9,14,16H,10-13,15H2,1-2H3. The van der Waals surface area contributed by atoms with Crippen LogP contribution in [-0.4, -0.2) is 60.4 Å². The molecule has 0 saturated carbocycles. The van der Waals surface area contributed by atoms with Gasteiger partial charge < -0.3 is 14.2 Å². The van der Waals surface area contributed by atoms with E-state index in [0.717, 1.165) is 5.69 Å². The molecule has 0 bridgehead atoms. The molecular formula is C20H25N3O3. The van der Waals surface area contributed by atoms with E-state index in [9.17, 15) is 9.59 Å². The number of para-hydroxylation sites is 1. The zero-order chi connectivity index (χ0) is 18.5. The van der Waals surface area contributed by atoms with E-state index in [0.29, 0.717) is 38.5 Å². The topological polar surface area (TPSA) is 57.0 Å². The molecule has 0 unspecified atom stereocenters. The number of benzene rings is 1. The number of rotatable bonds is 5. The van der Waals surface area contributed by atoms with Crippen molar-refractivity contribution in [3.63, 3.8) is 0 Å². The zero-order valence-corrected chi connectivity index (χ0v) is 15.3. The molecule has 2 amide bonds. The minimum absolute atomic E-state index is 0.0806. The van der Waals surface area contributed by atoms with Crippen LogP contribution in [-0.2, 0) is 4.79 Å². The third-order valence-corrected chi connectivity index (χ3v) is 4.57. The minimum Gasteiger partial charge on any atom is -0.459 e. The lowest BCUT2D eigenvalue weighted by Gasteiger charge is -2.35. The van der Waals surface area contributed by atoms with Crippen LogP contribution >= 0.6 is 0 Å². The first-order chi connectivity index (χ1) is 12.6. The maximum Gasteiger partial charge on any atom is 0.289 e. The Morgan fingerprint density at radius 1 is 1.04 bits per heavy atom. The van der Waals surface area contributed by atoms with Crippen molar-refractivity contribution in [1.82, 2.24) is 9.80 Å². The number of carbonyl (C=O) groups is 2. The van der Waals surface area contributed by atoms with Gasteiger partial charge in [-0.05, 0) is 38.1 Å². The SMILES string of the molecule is CC(C)N(C(=O)CN1CCN(C(=O)c2ccco2)CC1)c1ccccc1. The lowest BCUT2D eigenvalue weighted by molar-refractivity contribution is -0.120. The van der Waals surface area contributed by atoms with Gasteiger partial charge in [0.25, 0.3) is 5.91 Å². The Morgan fingerprint density at radius 3 is 2.31 bits per heavy atom. The van der Waals surface area contributed by atoms with E-state index in [1.54, 1.807) is 17.0 Å².